The number of carbonyl (C=O) groups excluding carboxylic acids is 2. The molecule has 0 saturated heterocycles. The molecule has 0 spiro atoms. The molecular weight excluding hydrogens is 377 g/mol. The van der Waals surface area contributed by atoms with Gasteiger partial charge in [-0.2, -0.15) is 0 Å². The number of pyridine rings is 1. The van der Waals surface area contributed by atoms with Crippen molar-refractivity contribution < 1.29 is 18.7 Å². The molecule has 0 bridgehead atoms. The highest BCUT2D eigenvalue weighted by Crippen LogP contribution is 2.23. The average Bonchev–Trinajstić information content (AvgIpc) is 2.74. The Labute approximate surface area is 166 Å². The van der Waals surface area contributed by atoms with Crippen molar-refractivity contribution in [2.45, 2.75) is 0 Å². The number of amides is 3. The molecule has 0 aliphatic heterocycles. The number of hydrazine groups is 1. The van der Waals surface area contributed by atoms with E-state index in [0.29, 0.717) is 22.9 Å². The monoisotopic (exact) mass is 395 g/mol. The molecule has 3 amide bonds. The van der Waals surface area contributed by atoms with Gasteiger partial charge in [0.1, 0.15) is 23.0 Å². The number of urea groups is 1. The second-order valence-electron chi connectivity index (χ2n) is 5.79. The van der Waals surface area contributed by atoms with E-state index in [1.807, 2.05) is 0 Å². The van der Waals surface area contributed by atoms with Crippen LogP contribution in [-0.2, 0) is 0 Å². The summed E-state index contributed by atoms with van der Waals surface area (Å²) in [6, 6.07) is 14.9. The number of aromatic nitrogens is 1. The van der Waals surface area contributed by atoms with Gasteiger partial charge in [-0.05, 0) is 54.6 Å². The van der Waals surface area contributed by atoms with Gasteiger partial charge in [-0.15, -0.1) is 0 Å². The number of hydrogen-bond donors (Lipinski definition) is 4. The van der Waals surface area contributed by atoms with Gasteiger partial charge in [-0.25, -0.2) is 9.18 Å². The Morgan fingerprint density at radius 3 is 2.31 bits per heavy atom. The van der Waals surface area contributed by atoms with E-state index < -0.39 is 6.03 Å². The molecule has 1 aromatic heterocycles. The summed E-state index contributed by atoms with van der Waals surface area (Å²) in [6.07, 6.45) is 1.49. The van der Waals surface area contributed by atoms with Crippen LogP contribution in [0, 0.1) is 5.82 Å². The Hall–Kier alpha value is -4.14. The number of carbonyl (C=O) groups is 2. The van der Waals surface area contributed by atoms with Crippen molar-refractivity contribution in [3.05, 3.63) is 78.4 Å². The van der Waals surface area contributed by atoms with Crippen molar-refractivity contribution in [1.82, 2.24) is 15.7 Å². The van der Waals surface area contributed by atoms with E-state index in [-0.39, 0.29) is 17.4 Å². The van der Waals surface area contributed by atoms with Crippen LogP contribution in [-0.4, -0.2) is 24.0 Å². The van der Waals surface area contributed by atoms with E-state index in [2.05, 4.69) is 26.5 Å². The number of rotatable bonds is 6. The fourth-order valence-corrected chi connectivity index (χ4v) is 2.29. The summed E-state index contributed by atoms with van der Waals surface area (Å²) in [4.78, 5) is 27.4. The third-order valence-corrected chi connectivity index (χ3v) is 3.70. The molecule has 2 aromatic carbocycles. The number of halogens is 1. The number of hydrogen-bond acceptors (Lipinski definition) is 5. The molecule has 4 N–H and O–H groups in total. The number of ether oxygens (including phenoxy) is 1. The minimum Gasteiger partial charge on any atom is -0.457 e. The lowest BCUT2D eigenvalue weighted by Crippen LogP contribution is -2.33. The van der Waals surface area contributed by atoms with Crippen LogP contribution in [0.4, 0.5) is 20.6 Å². The van der Waals surface area contributed by atoms with Crippen LogP contribution >= 0.6 is 0 Å². The topological polar surface area (TPSA) is 104 Å². The summed E-state index contributed by atoms with van der Waals surface area (Å²) in [5.41, 5.74) is 6.54. The molecule has 0 radical (unpaired) electrons. The zero-order chi connectivity index (χ0) is 20.6. The van der Waals surface area contributed by atoms with Crippen LogP contribution in [0.1, 0.15) is 10.5 Å². The first-order chi connectivity index (χ1) is 14.0. The van der Waals surface area contributed by atoms with Gasteiger partial charge in [0.2, 0.25) is 0 Å². The largest absolute Gasteiger partial charge is 0.457 e. The van der Waals surface area contributed by atoms with Crippen LogP contribution < -0.4 is 26.2 Å². The minimum atomic E-state index is -0.504. The summed E-state index contributed by atoms with van der Waals surface area (Å²) >= 11 is 0. The normalized spacial score (nSPS) is 10.0. The Morgan fingerprint density at radius 1 is 0.931 bits per heavy atom. The zero-order valence-electron chi connectivity index (χ0n) is 15.4. The van der Waals surface area contributed by atoms with Crippen molar-refractivity contribution in [2.24, 2.45) is 0 Å². The molecule has 0 aliphatic carbocycles. The van der Waals surface area contributed by atoms with Crippen LogP contribution in [0.2, 0.25) is 0 Å². The molecular formula is C20H18FN5O3. The Kier molecular flexibility index (Phi) is 6.21. The molecule has 3 aromatic rings. The van der Waals surface area contributed by atoms with Gasteiger partial charge in [0, 0.05) is 25.0 Å². The average molecular weight is 395 g/mol. The van der Waals surface area contributed by atoms with Gasteiger partial charge in [0.15, 0.2) is 0 Å². The van der Waals surface area contributed by atoms with E-state index >= 15 is 0 Å². The minimum absolute atomic E-state index is 0.250. The van der Waals surface area contributed by atoms with Crippen LogP contribution in [0.3, 0.4) is 0 Å². The summed E-state index contributed by atoms with van der Waals surface area (Å²) in [6.45, 7) is 0. The second kappa shape index (κ2) is 9.18. The van der Waals surface area contributed by atoms with Crippen molar-refractivity contribution >= 4 is 23.3 Å². The van der Waals surface area contributed by atoms with Gasteiger partial charge < -0.3 is 15.4 Å². The molecule has 148 valence electrons. The molecule has 0 unspecified atom stereocenters. The second-order valence-corrected chi connectivity index (χ2v) is 5.79. The maximum atomic E-state index is 12.9. The van der Waals surface area contributed by atoms with E-state index in [0.717, 1.165) is 0 Å². The smallest absolute Gasteiger partial charge is 0.337 e. The van der Waals surface area contributed by atoms with Crippen molar-refractivity contribution in [2.75, 3.05) is 17.8 Å². The molecule has 0 fully saturated rings. The maximum absolute atomic E-state index is 12.9. The zero-order valence-corrected chi connectivity index (χ0v) is 15.4. The lowest BCUT2D eigenvalue weighted by molar-refractivity contribution is 0.0958. The number of nitrogens with one attached hydrogen (secondary N) is 4. The molecule has 1 heterocycles. The van der Waals surface area contributed by atoms with E-state index in [4.69, 9.17) is 4.74 Å². The third kappa shape index (κ3) is 5.67. The fourth-order valence-electron chi connectivity index (χ4n) is 2.29. The van der Waals surface area contributed by atoms with Crippen molar-refractivity contribution in [3.63, 3.8) is 0 Å². The first-order valence-corrected chi connectivity index (χ1v) is 8.58. The van der Waals surface area contributed by atoms with E-state index in [1.165, 1.54) is 43.6 Å². The summed E-state index contributed by atoms with van der Waals surface area (Å²) in [7, 11) is 1.53. The molecule has 3 rings (SSSR count). The molecule has 0 atom stereocenters. The third-order valence-electron chi connectivity index (χ3n) is 3.70. The summed E-state index contributed by atoms with van der Waals surface area (Å²) < 4.78 is 18.6. The number of nitrogens with zero attached hydrogens (tertiary/aromatic N) is 1. The standard InChI is InChI=1S/C20H18FN5O3/c1-22-19(27)18-12-17(10-11-23-18)29-16-8-6-15(7-9-16)25-26-20(28)24-14-4-2-13(21)3-5-14/h2-12,25H,1H3,(H,22,27)(H2,24,26,28). The van der Waals surface area contributed by atoms with Gasteiger partial charge in [-0.1, -0.05) is 0 Å². The summed E-state index contributed by atoms with van der Waals surface area (Å²) in [5.74, 6) is 0.324. The molecule has 8 nitrogen and oxygen atoms in total. The van der Waals surface area contributed by atoms with Crippen molar-refractivity contribution in [3.8, 4) is 11.5 Å². The lowest BCUT2D eigenvalue weighted by Gasteiger charge is -2.11. The highest BCUT2D eigenvalue weighted by Gasteiger charge is 2.07. The van der Waals surface area contributed by atoms with Gasteiger partial charge in [0.25, 0.3) is 5.91 Å². The van der Waals surface area contributed by atoms with Crippen LogP contribution in [0.25, 0.3) is 0 Å². The number of anilines is 2. The highest BCUT2D eigenvalue weighted by molar-refractivity contribution is 5.92. The first kappa shape index (κ1) is 19.6. The summed E-state index contributed by atoms with van der Waals surface area (Å²) in [5, 5.41) is 5.06. The number of benzene rings is 2. The van der Waals surface area contributed by atoms with Gasteiger partial charge in [-0.3, -0.25) is 20.6 Å². The van der Waals surface area contributed by atoms with Crippen LogP contribution in [0.5, 0.6) is 11.5 Å². The Morgan fingerprint density at radius 2 is 1.62 bits per heavy atom. The fraction of sp³-hybridized carbons (Fsp3) is 0.0500. The highest BCUT2D eigenvalue weighted by atomic mass is 19.1. The Balaban J connectivity index is 1.53. The lowest BCUT2D eigenvalue weighted by atomic mass is 10.3. The Bertz CT molecular complexity index is 994. The van der Waals surface area contributed by atoms with Gasteiger partial charge >= 0.3 is 6.03 Å². The first-order valence-electron chi connectivity index (χ1n) is 8.58. The van der Waals surface area contributed by atoms with E-state index in [9.17, 15) is 14.0 Å². The predicted octanol–water partition coefficient (Wildman–Crippen LogP) is 3.52. The van der Waals surface area contributed by atoms with E-state index in [1.54, 1.807) is 30.3 Å². The van der Waals surface area contributed by atoms with Crippen molar-refractivity contribution in [1.29, 1.82) is 0 Å². The van der Waals surface area contributed by atoms with Crippen LogP contribution in [0.15, 0.2) is 66.9 Å². The molecule has 9 heteroatoms. The quantitative estimate of drug-likeness (QED) is 0.478. The molecule has 0 saturated carbocycles. The molecule has 29 heavy (non-hydrogen) atoms. The molecule has 0 aliphatic rings. The van der Waals surface area contributed by atoms with Gasteiger partial charge in [0.05, 0.1) is 5.69 Å². The predicted molar refractivity (Wildman–Crippen MR) is 106 cm³/mol. The maximum Gasteiger partial charge on any atom is 0.337 e. The SMILES string of the molecule is CNC(=O)c1cc(Oc2ccc(NNC(=O)Nc3ccc(F)cc3)cc2)ccn1.